The first-order valence-corrected chi connectivity index (χ1v) is 11.0. The number of amides is 2. The maximum atomic E-state index is 13.0. The second kappa shape index (κ2) is 9.02. The van der Waals surface area contributed by atoms with E-state index in [1.807, 2.05) is 0 Å². The number of carbonyl (C=O) groups excluding carboxylic acids is 2. The molecule has 1 N–H and O–H groups in total. The molecule has 2 heterocycles. The summed E-state index contributed by atoms with van der Waals surface area (Å²) in [4.78, 5) is 26.0. The van der Waals surface area contributed by atoms with Gasteiger partial charge in [-0.3, -0.25) is 9.59 Å². The molecule has 0 bridgehead atoms. The van der Waals surface area contributed by atoms with Crippen LogP contribution in [0.1, 0.15) is 25.7 Å². The van der Waals surface area contributed by atoms with Crippen molar-refractivity contribution >= 4 is 27.5 Å². The highest BCUT2D eigenvalue weighted by molar-refractivity contribution is 7.89. The lowest BCUT2D eigenvalue weighted by atomic mass is 9.99. The van der Waals surface area contributed by atoms with E-state index in [1.165, 1.54) is 4.31 Å². The Balaban J connectivity index is 1.67. The van der Waals surface area contributed by atoms with E-state index in [2.05, 4.69) is 5.32 Å². The molecule has 0 aliphatic carbocycles. The van der Waals surface area contributed by atoms with Crippen LogP contribution in [-0.4, -0.2) is 64.4 Å². The number of benzene rings is 1. The Morgan fingerprint density at radius 2 is 1.96 bits per heavy atom. The van der Waals surface area contributed by atoms with Crippen molar-refractivity contribution in [2.24, 2.45) is 5.92 Å². The van der Waals surface area contributed by atoms with Crippen molar-refractivity contribution in [3.8, 4) is 0 Å². The van der Waals surface area contributed by atoms with Crippen LogP contribution in [0.25, 0.3) is 0 Å². The lowest BCUT2D eigenvalue weighted by Gasteiger charge is -2.31. The van der Waals surface area contributed by atoms with Gasteiger partial charge in [-0.05, 0) is 43.5 Å². The first kappa shape index (κ1) is 20.8. The zero-order valence-electron chi connectivity index (χ0n) is 16.1. The highest BCUT2D eigenvalue weighted by atomic mass is 32.2. The van der Waals surface area contributed by atoms with Crippen LogP contribution in [0.5, 0.6) is 0 Å². The second-order valence-corrected chi connectivity index (χ2v) is 9.07. The number of carbonyl (C=O) groups is 2. The lowest BCUT2D eigenvalue weighted by Crippen LogP contribution is -2.45. The molecular formula is C19H27N3O5S. The Morgan fingerprint density at radius 3 is 2.61 bits per heavy atom. The van der Waals surface area contributed by atoms with Crippen LogP contribution in [0.3, 0.4) is 0 Å². The van der Waals surface area contributed by atoms with E-state index in [1.54, 1.807) is 36.3 Å². The fourth-order valence-electron chi connectivity index (χ4n) is 3.66. The summed E-state index contributed by atoms with van der Waals surface area (Å²) in [6.45, 7) is 2.07. The second-order valence-electron chi connectivity index (χ2n) is 7.13. The van der Waals surface area contributed by atoms with Crippen molar-refractivity contribution in [3.05, 3.63) is 24.3 Å². The van der Waals surface area contributed by atoms with Crippen LogP contribution in [-0.2, 0) is 24.3 Å². The van der Waals surface area contributed by atoms with Gasteiger partial charge < -0.3 is 15.0 Å². The number of piperidine rings is 1. The smallest absolute Gasteiger partial charge is 0.243 e. The molecule has 2 amide bonds. The molecule has 154 valence electrons. The zero-order chi connectivity index (χ0) is 20.1. The summed E-state index contributed by atoms with van der Waals surface area (Å²) >= 11 is 0. The molecule has 3 rings (SSSR count). The number of nitrogens with one attached hydrogen (secondary N) is 1. The van der Waals surface area contributed by atoms with Crippen molar-refractivity contribution < 1.29 is 22.7 Å². The third-order valence-corrected chi connectivity index (χ3v) is 7.10. The van der Waals surface area contributed by atoms with Crippen LogP contribution in [0.2, 0.25) is 0 Å². The maximum Gasteiger partial charge on any atom is 0.243 e. The molecule has 1 aromatic carbocycles. The Bertz CT molecular complexity index is 809. The minimum atomic E-state index is -3.68. The molecular weight excluding hydrogens is 382 g/mol. The molecule has 1 aromatic rings. The van der Waals surface area contributed by atoms with Crippen LogP contribution >= 0.6 is 0 Å². The first-order chi connectivity index (χ1) is 13.4. The third-order valence-electron chi connectivity index (χ3n) is 5.22. The Hall–Kier alpha value is -1.97. The van der Waals surface area contributed by atoms with E-state index in [9.17, 15) is 18.0 Å². The number of hydrogen-bond donors (Lipinski definition) is 1. The molecule has 8 nitrogen and oxygen atoms in total. The highest BCUT2D eigenvalue weighted by Gasteiger charge is 2.33. The van der Waals surface area contributed by atoms with Crippen LogP contribution in [0.15, 0.2) is 29.2 Å². The van der Waals surface area contributed by atoms with Gasteiger partial charge in [-0.15, -0.1) is 0 Å². The average Bonchev–Trinajstić information content (AvgIpc) is 3.14. The van der Waals surface area contributed by atoms with Gasteiger partial charge in [-0.1, -0.05) is 0 Å². The number of nitrogens with zero attached hydrogens (tertiary/aromatic N) is 2. The summed E-state index contributed by atoms with van der Waals surface area (Å²) in [5.74, 6) is -0.435. The van der Waals surface area contributed by atoms with E-state index in [4.69, 9.17) is 4.74 Å². The van der Waals surface area contributed by atoms with E-state index >= 15 is 0 Å². The highest BCUT2D eigenvalue weighted by Crippen LogP contribution is 2.27. The molecule has 0 aromatic heterocycles. The van der Waals surface area contributed by atoms with Crippen LogP contribution < -0.4 is 10.2 Å². The molecule has 0 saturated carbocycles. The van der Waals surface area contributed by atoms with Crippen molar-refractivity contribution in [3.63, 3.8) is 0 Å². The summed E-state index contributed by atoms with van der Waals surface area (Å²) in [5.41, 5.74) is 0.718. The lowest BCUT2D eigenvalue weighted by molar-refractivity contribution is -0.126. The SMILES string of the molecule is COCCNC(=O)[C@H]1CCCN(S(=O)(=O)c2ccc(N3CCCC3=O)cc2)C1. The molecule has 0 spiro atoms. The van der Waals surface area contributed by atoms with Crippen molar-refractivity contribution in [1.29, 1.82) is 0 Å². The summed E-state index contributed by atoms with van der Waals surface area (Å²) in [7, 11) is -2.12. The van der Waals surface area contributed by atoms with Crippen LogP contribution in [0.4, 0.5) is 5.69 Å². The molecule has 1 atom stereocenters. The zero-order valence-corrected chi connectivity index (χ0v) is 16.9. The number of rotatable bonds is 7. The monoisotopic (exact) mass is 409 g/mol. The fraction of sp³-hybridized carbons (Fsp3) is 0.579. The van der Waals surface area contributed by atoms with Crippen molar-refractivity contribution in [2.75, 3.05) is 44.8 Å². The van der Waals surface area contributed by atoms with E-state index in [-0.39, 0.29) is 29.2 Å². The van der Waals surface area contributed by atoms with Gasteiger partial charge in [0.25, 0.3) is 0 Å². The van der Waals surface area contributed by atoms with Gasteiger partial charge in [0.05, 0.1) is 17.4 Å². The topological polar surface area (TPSA) is 96.0 Å². The van der Waals surface area contributed by atoms with E-state index in [0.717, 1.165) is 12.1 Å². The van der Waals surface area contributed by atoms with Gasteiger partial charge in [0.2, 0.25) is 21.8 Å². The van der Waals surface area contributed by atoms with Gasteiger partial charge in [0, 0.05) is 45.4 Å². The Labute approximate surface area is 165 Å². The van der Waals surface area contributed by atoms with E-state index < -0.39 is 10.0 Å². The normalized spacial score (nSPS) is 21.1. The molecule has 9 heteroatoms. The molecule has 2 aliphatic rings. The van der Waals surface area contributed by atoms with Crippen molar-refractivity contribution in [2.45, 2.75) is 30.6 Å². The predicted octanol–water partition coefficient (Wildman–Crippen LogP) is 0.977. The largest absolute Gasteiger partial charge is 0.383 e. The molecule has 28 heavy (non-hydrogen) atoms. The number of ether oxygens (including phenoxy) is 1. The summed E-state index contributed by atoms with van der Waals surface area (Å²) in [6.07, 6.45) is 2.66. The number of methoxy groups -OCH3 is 1. The molecule has 2 aliphatic heterocycles. The van der Waals surface area contributed by atoms with Gasteiger partial charge in [-0.2, -0.15) is 4.31 Å². The standard InChI is InChI=1S/C19H27N3O5S/c1-27-13-10-20-19(24)15-4-2-11-21(14-15)28(25,26)17-8-6-16(7-9-17)22-12-3-5-18(22)23/h6-9,15H,2-5,10-14H2,1H3,(H,20,24)/t15-/m0/s1. The average molecular weight is 410 g/mol. The molecule has 0 radical (unpaired) electrons. The Kier molecular flexibility index (Phi) is 6.69. The first-order valence-electron chi connectivity index (χ1n) is 9.60. The molecule has 2 fully saturated rings. The summed E-state index contributed by atoms with van der Waals surface area (Å²) in [5, 5.41) is 2.79. The van der Waals surface area contributed by atoms with Gasteiger partial charge in [-0.25, -0.2) is 8.42 Å². The van der Waals surface area contributed by atoms with Gasteiger partial charge in [0.15, 0.2) is 0 Å². The quantitative estimate of drug-likeness (QED) is 0.677. The maximum absolute atomic E-state index is 13.0. The van der Waals surface area contributed by atoms with Crippen molar-refractivity contribution in [1.82, 2.24) is 9.62 Å². The van der Waals surface area contributed by atoms with Gasteiger partial charge in [0.1, 0.15) is 0 Å². The minimum Gasteiger partial charge on any atom is -0.383 e. The van der Waals surface area contributed by atoms with E-state index in [0.29, 0.717) is 45.5 Å². The summed E-state index contributed by atoms with van der Waals surface area (Å²) in [6, 6.07) is 6.43. The third kappa shape index (κ3) is 4.53. The number of anilines is 1. The molecule has 2 saturated heterocycles. The Morgan fingerprint density at radius 1 is 1.21 bits per heavy atom. The minimum absolute atomic E-state index is 0.0639. The number of sulfonamides is 1. The fourth-order valence-corrected chi connectivity index (χ4v) is 5.19. The predicted molar refractivity (Wildman–Crippen MR) is 104 cm³/mol. The molecule has 0 unspecified atom stereocenters. The summed E-state index contributed by atoms with van der Waals surface area (Å²) < 4.78 is 32.3. The van der Waals surface area contributed by atoms with Gasteiger partial charge >= 0.3 is 0 Å². The van der Waals surface area contributed by atoms with Crippen LogP contribution in [0, 0.1) is 5.92 Å². The number of hydrogen-bond acceptors (Lipinski definition) is 5.